The molecule has 3 heterocycles. The molecule has 1 aromatic heterocycles. The van der Waals surface area contributed by atoms with Crippen LogP contribution in [0.1, 0.15) is 61.6 Å². The van der Waals surface area contributed by atoms with Crippen molar-refractivity contribution in [2.75, 3.05) is 36.9 Å². The van der Waals surface area contributed by atoms with Crippen molar-refractivity contribution in [2.45, 2.75) is 64.0 Å². The zero-order valence-electron chi connectivity index (χ0n) is 15.4. The number of fused-ring (bicyclic) bond motifs is 1. The lowest BCUT2D eigenvalue weighted by Gasteiger charge is -2.32. The minimum absolute atomic E-state index is 0.476. The lowest BCUT2D eigenvalue weighted by molar-refractivity contribution is 0.312. The molecule has 1 aromatic rings. The van der Waals surface area contributed by atoms with E-state index in [-0.39, 0.29) is 0 Å². The fourth-order valence-electron chi connectivity index (χ4n) is 4.61. The summed E-state index contributed by atoms with van der Waals surface area (Å²) < 4.78 is 0. The second-order valence-corrected chi connectivity index (χ2v) is 7.89. The number of aromatic nitrogens is 1. The maximum Gasteiger partial charge on any atom is 0.146 e. The third kappa shape index (κ3) is 3.32. The van der Waals surface area contributed by atoms with Crippen LogP contribution in [0.15, 0.2) is 0 Å². The number of rotatable bonds is 3. The molecule has 0 atom stereocenters. The molecule has 1 saturated carbocycles. The Bertz CT molecular complexity index is 666. The SMILES string of the molecule is CN1CCc2c(C#N)c(NC3CCCCC3)nc(N3CCCC3)c2C1. The van der Waals surface area contributed by atoms with E-state index in [2.05, 4.69) is 28.2 Å². The third-order valence-electron chi connectivity index (χ3n) is 6.03. The summed E-state index contributed by atoms with van der Waals surface area (Å²) in [5.41, 5.74) is 3.34. The molecule has 5 heteroatoms. The molecule has 0 bridgehead atoms. The Morgan fingerprint density at radius 2 is 1.80 bits per heavy atom. The van der Waals surface area contributed by atoms with E-state index in [9.17, 15) is 5.26 Å². The van der Waals surface area contributed by atoms with Crippen molar-refractivity contribution in [1.29, 1.82) is 5.26 Å². The van der Waals surface area contributed by atoms with Gasteiger partial charge in [-0.1, -0.05) is 19.3 Å². The molecule has 0 unspecified atom stereocenters. The molecule has 4 rings (SSSR count). The van der Waals surface area contributed by atoms with Gasteiger partial charge in [0.2, 0.25) is 0 Å². The number of anilines is 2. The van der Waals surface area contributed by atoms with Crippen molar-refractivity contribution in [3.05, 3.63) is 16.7 Å². The first-order valence-corrected chi connectivity index (χ1v) is 9.92. The molecule has 1 aliphatic carbocycles. The Hall–Kier alpha value is -1.80. The van der Waals surface area contributed by atoms with Gasteiger partial charge in [-0.05, 0) is 44.7 Å². The molecule has 2 aliphatic heterocycles. The predicted octanol–water partition coefficient (Wildman–Crippen LogP) is 3.29. The minimum Gasteiger partial charge on any atom is -0.366 e. The molecule has 2 fully saturated rings. The first kappa shape index (κ1) is 16.7. The Labute approximate surface area is 151 Å². The van der Waals surface area contributed by atoms with E-state index in [1.54, 1.807) is 0 Å². The van der Waals surface area contributed by atoms with Crippen LogP contribution in [0.3, 0.4) is 0 Å². The van der Waals surface area contributed by atoms with Crippen LogP contribution < -0.4 is 10.2 Å². The fraction of sp³-hybridized carbons (Fsp3) is 0.700. The maximum absolute atomic E-state index is 9.87. The van der Waals surface area contributed by atoms with Gasteiger partial charge in [0.25, 0.3) is 0 Å². The topological polar surface area (TPSA) is 55.2 Å². The van der Waals surface area contributed by atoms with E-state index in [0.717, 1.165) is 49.8 Å². The number of hydrogen-bond acceptors (Lipinski definition) is 5. The summed E-state index contributed by atoms with van der Waals surface area (Å²) in [6.07, 6.45) is 9.76. The number of hydrogen-bond donors (Lipinski definition) is 1. The molecule has 0 aromatic carbocycles. The average molecular weight is 339 g/mol. The van der Waals surface area contributed by atoms with Gasteiger partial charge < -0.3 is 15.1 Å². The average Bonchev–Trinajstić information content (AvgIpc) is 3.16. The Morgan fingerprint density at radius 1 is 1.04 bits per heavy atom. The van der Waals surface area contributed by atoms with Gasteiger partial charge in [-0.25, -0.2) is 4.98 Å². The highest BCUT2D eigenvalue weighted by molar-refractivity contribution is 5.67. The van der Waals surface area contributed by atoms with Crippen molar-refractivity contribution in [1.82, 2.24) is 9.88 Å². The van der Waals surface area contributed by atoms with Crippen molar-refractivity contribution in [2.24, 2.45) is 0 Å². The second kappa shape index (κ2) is 7.21. The Morgan fingerprint density at radius 3 is 2.52 bits per heavy atom. The quantitative estimate of drug-likeness (QED) is 0.916. The monoisotopic (exact) mass is 339 g/mol. The highest BCUT2D eigenvalue weighted by Crippen LogP contribution is 2.35. The van der Waals surface area contributed by atoms with E-state index in [1.165, 1.54) is 56.1 Å². The van der Waals surface area contributed by atoms with Crippen LogP contribution in [0, 0.1) is 11.3 Å². The third-order valence-corrected chi connectivity index (χ3v) is 6.03. The number of nitrogens with one attached hydrogen (secondary N) is 1. The minimum atomic E-state index is 0.476. The van der Waals surface area contributed by atoms with Gasteiger partial charge in [-0.15, -0.1) is 0 Å². The van der Waals surface area contributed by atoms with Crippen molar-refractivity contribution >= 4 is 11.6 Å². The summed E-state index contributed by atoms with van der Waals surface area (Å²) in [5, 5.41) is 13.5. The van der Waals surface area contributed by atoms with Gasteiger partial charge in [0.15, 0.2) is 0 Å². The molecule has 5 nitrogen and oxygen atoms in total. The number of pyridine rings is 1. The highest BCUT2D eigenvalue weighted by atomic mass is 15.2. The number of nitrogens with zero attached hydrogens (tertiary/aromatic N) is 4. The van der Waals surface area contributed by atoms with Crippen molar-refractivity contribution in [3.63, 3.8) is 0 Å². The molecule has 3 aliphatic rings. The molecule has 0 spiro atoms. The van der Waals surface area contributed by atoms with E-state index >= 15 is 0 Å². The standard InChI is InChI=1S/C20H29N5/c1-24-12-9-16-17(13-21)19(22-15-7-3-2-4-8-15)23-20(18(16)14-24)25-10-5-6-11-25/h15H,2-12,14H2,1H3,(H,22,23). The fourth-order valence-corrected chi connectivity index (χ4v) is 4.61. The van der Waals surface area contributed by atoms with Crippen LogP contribution in [-0.2, 0) is 13.0 Å². The van der Waals surface area contributed by atoms with Gasteiger partial charge in [0, 0.05) is 37.8 Å². The number of nitriles is 1. The first-order valence-electron chi connectivity index (χ1n) is 9.92. The van der Waals surface area contributed by atoms with E-state index < -0.39 is 0 Å². The van der Waals surface area contributed by atoms with E-state index in [1.807, 2.05) is 0 Å². The number of likely N-dealkylation sites (N-methyl/N-ethyl adjacent to an activating group) is 1. The van der Waals surface area contributed by atoms with Gasteiger partial charge >= 0.3 is 0 Å². The summed E-state index contributed by atoms with van der Waals surface area (Å²) in [6, 6.07) is 2.96. The van der Waals surface area contributed by atoms with Crippen LogP contribution in [-0.4, -0.2) is 42.6 Å². The molecular formula is C20H29N5. The molecule has 0 radical (unpaired) electrons. The summed E-state index contributed by atoms with van der Waals surface area (Å²) in [6.45, 7) is 4.12. The van der Waals surface area contributed by atoms with Gasteiger partial charge in [-0.3, -0.25) is 0 Å². The Balaban J connectivity index is 1.74. The molecule has 0 amide bonds. The zero-order valence-corrected chi connectivity index (χ0v) is 15.4. The normalized spacial score (nSPS) is 21.8. The summed E-state index contributed by atoms with van der Waals surface area (Å²) in [4.78, 5) is 9.81. The van der Waals surface area contributed by atoms with E-state index in [0.29, 0.717) is 6.04 Å². The lowest BCUT2D eigenvalue weighted by Crippen LogP contribution is -2.32. The highest BCUT2D eigenvalue weighted by Gasteiger charge is 2.28. The van der Waals surface area contributed by atoms with Gasteiger partial charge in [0.1, 0.15) is 17.7 Å². The van der Waals surface area contributed by atoms with Gasteiger partial charge in [-0.2, -0.15) is 5.26 Å². The summed E-state index contributed by atoms with van der Waals surface area (Å²) >= 11 is 0. The van der Waals surface area contributed by atoms with Crippen LogP contribution in [0.5, 0.6) is 0 Å². The van der Waals surface area contributed by atoms with Crippen LogP contribution in [0.4, 0.5) is 11.6 Å². The molecule has 1 saturated heterocycles. The van der Waals surface area contributed by atoms with Crippen LogP contribution >= 0.6 is 0 Å². The van der Waals surface area contributed by atoms with Crippen LogP contribution in [0.2, 0.25) is 0 Å². The largest absolute Gasteiger partial charge is 0.366 e. The Kier molecular flexibility index (Phi) is 4.80. The van der Waals surface area contributed by atoms with E-state index in [4.69, 9.17) is 4.98 Å². The summed E-state index contributed by atoms with van der Waals surface area (Å²) in [5.74, 6) is 1.98. The maximum atomic E-state index is 9.87. The zero-order chi connectivity index (χ0) is 17.2. The second-order valence-electron chi connectivity index (χ2n) is 7.89. The van der Waals surface area contributed by atoms with Crippen molar-refractivity contribution in [3.8, 4) is 6.07 Å². The summed E-state index contributed by atoms with van der Waals surface area (Å²) in [7, 11) is 2.16. The lowest BCUT2D eigenvalue weighted by atomic mass is 9.93. The smallest absolute Gasteiger partial charge is 0.146 e. The predicted molar refractivity (Wildman–Crippen MR) is 101 cm³/mol. The van der Waals surface area contributed by atoms with Crippen molar-refractivity contribution < 1.29 is 0 Å². The molecule has 25 heavy (non-hydrogen) atoms. The molecule has 134 valence electrons. The molecule has 1 N–H and O–H groups in total. The van der Waals surface area contributed by atoms with Crippen LogP contribution in [0.25, 0.3) is 0 Å². The van der Waals surface area contributed by atoms with Gasteiger partial charge in [0.05, 0.1) is 5.56 Å². The first-order chi connectivity index (χ1) is 12.3. The molecular weight excluding hydrogens is 310 g/mol.